The number of ketones is 1. The van der Waals surface area contributed by atoms with E-state index in [1.165, 1.54) is 17.6 Å². The minimum absolute atomic E-state index is 0.214. The predicted octanol–water partition coefficient (Wildman–Crippen LogP) is 1.76. The minimum Gasteiger partial charge on any atom is -0.507 e. The van der Waals surface area contributed by atoms with E-state index in [4.69, 9.17) is 0 Å². The fourth-order valence-electron chi connectivity index (χ4n) is 1.98. The first-order valence-electron chi connectivity index (χ1n) is 5.82. The Morgan fingerprint density at radius 3 is 2.58 bits per heavy atom. The lowest BCUT2D eigenvalue weighted by Crippen LogP contribution is -2.26. The molecule has 0 unspecified atom stereocenters. The number of carbonyl (C=O) groups is 1. The van der Waals surface area contributed by atoms with Crippen molar-refractivity contribution in [1.29, 1.82) is 0 Å². The van der Waals surface area contributed by atoms with E-state index in [9.17, 15) is 14.7 Å². The number of rotatable bonds is 2. The Bertz CT molecular complexity index is 717. The first-order chi connectivity index (χ1) is 8.91. The van der Waals surface area contributed by atoms with Crippen molar-refractivity contribution in [2.24, 2.45) is 0 Å². The summed E-state index contributed by atoms with van der Waals surface area (Å²) in [6, 6.07) is 6.67. The molecule has 0 aliphatic carbocycles. The molecule has 1 N–H and O–H groups in total. The summed E-state index contributed by atoms with van der Waals surface area (Å²) in [7, 11) is 0. The molecule has 0 radical (unpaired) electrons. The van der Waals surface area contributed by atoms with E-state index < -0.39 is 11.3 Å². The van der Waals surface area contributed by atoms with Crippen LogP contribution in [0, 0.1) is 13.8 Å². The largest absolute Gasteiger partial charge is 0.507 e. The van der Waals surface area contributed by atoms with E-state index in [1.807, 2.05) is 13.0 Å². The highest BCUT2D eigenvalue weighted by molar-refractivity contribution is 5.96. The van der Waals surface area contributed by atoms with Gasteiger partial charge in [0.25, 0.3) is 5.56 Å². The third kappa shape index (κ3) is 2.27. The molecule has 5 heteroatoms. The van der Waals surface area contributed by atoms with Crippen LogP contribution >= 0.6 is 0 Å². The zero-order valence-corrected chi connectivity index (χ0v) is 11.0. The van der Waals surface area contributed by atoms with Crippen LogP contribution in [0.3, 0.4) is 0 Å². The van der Waals surface area contributed by atoms with E-state index in [0.717, 1.165) is 5.69 Å². The standard InChI is InChI=1S/C14H14N2O3/c1-8-5-4-6-12(15-8)16-9(2)7-11(18)13(10(3)17)14(16)19/h4-7,18H,1-3H3. The molecule has 0 bridgehead atoms. The van der Waals surface area contributed by atoms with Crippen LogP contribution in [-0.2, 0) is 0 Å². The number of nitrogens with zero attached hydrogens (tertiary/aromatic N) is 2. The van der Waals surface area contributed by atoms with Crippen LogP contribution in [0.1, 0.15) is 28.7 Å². The second-order valence-electron chi connectivity index (χ2n) is 4.38. The monoisotopic (exact) mass is 258 g/mol. The highest BCUT2D eigenvalue weighted by Gasteiger charge is 2.17. The van der Waals surface area contributed by atoms with Gasteiger partial charge in [0.15, 0.2) is 5.78 Å². The maximum absolute atomic E-state index is 12.3. The van der Waals surface area contributed by atoms with Gasteiger partial charge < -0.3 is 5.11 Å². The number of hydrogen-bond donors (Lipinski definition) is 1. The molecule has 2 heterocycles. The summed E-state index contributed by atoms with van der Waals surface area (Å²) in [6.07, 6.45) is 0. The maximum atomic E-state index is 12.3. The van der Waals surface area contributed by atoms with Crippen molar-refractivity contribution in [2.75, 3.05) is 0 Å². The molecule has 19 heavy (non-hydrogen) atoms. The number of hydrogen-bond acceptors (Lipinski definition) is 4. The number of pyridine rings is 2. The Balaban J connectivity index is 2.81. The van der Waals surface area contributed by atoms with Crippen molar-refractivity contribution in [3.05, 3.63) is 51.6 Å². The van der Waals surface area contributed by atoms with Gasteiger partial charge in [-0.25, -0.2) is 4.98 Å². The summed E-state index contributed by atoms with van der Waals surface area (Å²) in [5, 5.41) is 9.71. The van der Waals surface area contributed by atoms with Crippen LogP contribution < -0.4 is 5.56 Å². The lowest BCUT2D eigenvalue weighted by atomic mass is 10.1. The number of aromatic hydroxyl groups is 1. The fourth-order valence-corrected chi connectivity index (χ4v) is 1.98. The molecular weight excluding hydrogens is 244 g/mol. The molecule has 0 fully saturated rings. The van der Waals surface area contributed by atoms with E-state index in [1.54, 1.807) is 19.1 Å². The molecule has 0 atom stereocenters. The Morgan fingerprint density at radius 1 is 1.32 bits per heavy atom. The lowest BCUT2D eigenvalue weighted by Gasteiger charge is -2.12. The maximum Gasteiger partial charge on any atom is 0.271 e. The predicted molar refractivity (Wildman–Crippen MR) is 71.0 cm³/mol. The molecule has 0 amide bonds. The van der Waals surface area contributed by atoms with Crippen molar-refractivity contribution >= 4 is 5.78 Å². The van der Waals surface area contributed by atoms with E-state index in [-0.39, 0.29) is 11.3 Å². The van der Waals surface area contributed by atoms with Gasteiger partial charge in [-0.3, -0.25) is 14.2 Å². The molecular formula is C14H14N2O3. The first-order valence-corrected chi connectivity index (χ1v) is 5.82. The molecule has 98 valence electrons. The van der Waals surface area contributed by atoms with Gasteiger partial charge in [-0.05, 0) is 32.9 Å². The third-order valence-electron chi connectivity index (χ3n) is 2.83. The highest BCUT2D eigenvalue weighted by atomic mass is 16.3. The Kier molecular flexibility index (Phi) is 3.21. The first kappa shape index (κ1) is 13.0. The molecule has 0 aliphatic heterocycles. The second-order valence-corrected chi connectivity index (χ2v) is 4.38. The summed E-state index contributed by atoms with van der Waals surface area (Å²) in [6.45, 7) is 4.74. The van der Waals surface area contributed by atoms with Gasteiger partial charge in [0.2, 0.25) is 0 Å². The van der Waals surface area contributed by atoms with Crippen LogP contribution in [0.5, 0.6) is 5.75 Å². The third-order valence-corrected chi connectivity index (χ3v) is 2.83. The SMILES string of the molecule is CC(=O)c1c(O)cc(C)n(-c2cccc(C)n2)c1=O. The summed E-state index contributed by atoms with van der Waals surface area (Å²) in [5.41, 5.74) is 0.517. The normalized spacial score (nSPS) is 10.5. The van der Waals surface area contributed by atoms with E-state index in [0.29, 0.717) is 11.5 Å². The van der Waals surface area contributed by atoms with Crippen LogP contribution in [0.4, 0.5) is 0 Å². The average molecular weight is 258 g/mol. The number of carbonyl (C=O) groups excluding carboxylic acids is 1. The minimum atomic E-state index is -0.553. The molecule has 0 spiro atoms. The summed E-state index contributed by atoms with van der Waals surface area (Å²) in [5.74, 6) is -0.326. The van der Waals surface area contributed by atoms with E-state index in [2.05, 4.69) is 4.98 Å². The summed E-state index contributed by atoms with van der Waals surface area (Å²) < 4.78 is 1.32. The molecule has 5 nitrogen and oxygen atoms in total. The number of aryl methyl sites for hydroxylation is 2. The van der Waals surface area contributed by atoms with Crippen molar-refractivity contribution in [3.63, 3.8) is 0 Å². The Hall–Kier alpha value is -2.43. The van der Waals surface area contributed by atoms with Crippen molar-refractivity contribution < 1.29 is 9.90 Å². The van der Waals surface area contributed by atoms with Gasteiger partial charge in [0.1, 0.15) is 17.1 Å². The zero-order valence-electron chi connectivity index (χ0n) is 11.0. The molecule has 0 saturated carbocycles. The van der Waals surface area contributed by atoms with Gasteiger partial charge in [-0.15, -0.1) is 0 Å². The van der Waals surface area contributed by atoms with Crippen LogP contribution in [0.25, 0.3) is 5.82 Å². The van der Waals surface area contributed by atoms with Gasteiger partial charge >= 0.3 is 0 Å². The van der Waals surface area contributed by atoms with Crippen molar-refractivity contribution in [2.45, 2.75) is 20.8 Å². The molecule has 2 aromatic heterocycles. The average Bonchev–Trinajstić information content (AvgIpc) is 2.27. The topological polar surface area (TPSA) is 72.2 Å². The quantitative estimate of drug-likeness (QED) is 0.833. The highest BCUT2D eigenvalue weighted by Crippen LogP contribution is 2.17. The molecule has 2 rings (SSSR count). The van der Waals surface area contributed by atoms with Gasteiger partial charge in [-0.1, -0.05) is 6.07 Å². The summed E-state index contributed by atoms with van der Waals surface area (Å²) in [4.78, 5) is 28.0. The van der Waals surface area contributed by atoms with Gasteiger partial charge in [0, 0.05) is 17.5 Å². The molecule has 0 aromatic carbocycles. The van der Waals surface area contributed by atoms with Gasteiger partial charge in [0.05, 0.1) is 0 Å². The van der Waals surface area contributed by atoms with E-state index >= 15 is 0 Å². The number of aromatic nitrogens is 2. The van der Waals surface area contributed by atoms with Gasteiger partial charge in [-0.2, -0.15) is 0 Å². The Labute approximate surface area is 110 Å². The summed E-state index contributed by atoms with van der Waals surface area (Å²) >= 11 is 0. The molecule has 0 saturated heterocycles. The smallest absolute Gasteiger partial charge is 0.271 e. The Morgan fingerprint density at radius 2 is 2.00 bits per heavy atom. The second kappa shape index (κ2) is 4.68. The zero-order chi connectivity index (χ0) is 14.2. The molecule has 2 aromatic rings. The van der Waals surface area contributed by atoms with Crippen molar-refractivity contribution in [1.82, 2.24) is 9.55 Å². The lowest BCUT2D eigenvalue weighted by molar-refractivity contribution is 0.101. The van der Waals surface area contributed by atoms with Crippen LogP contribution in [0.15, 0.2) is 29.1 Å². The fraction of sp³-hybridized carbons (Fsp3) is 0.214. The molecule has 0 aliphatic rings. The van der Waals surface area contributed by atoms with Crippen molar-refractivity contribution in [3.8, 4) is 11.6 Å². The number of Topliss-reactive ketones (excluding diaryl/α,β-unsaturated/α-hetero) is 1. The van der Waals surface area contributed by atoms with Crippen LogP contribution in [-0.4, -0.2) is 20.4 Å². The van der Waals surface area contributed by atoms with Crippen LogP contribution in [0.2, 0.25) is 0 Å².